The van der Waals surface area contributed by atoms with E-state index in [1.807, 2.05) is 0 Å². The second-order valence-corrected chi connectivity index (χ2v) is 2.06. The predicted molar refractivity (Wildman–Crippen MR) is 40.9 cm³/mol. The molecule has 0 bridgehead atoms. The average Bonchev–Trinajstić information content (AvgIpc) is 2.40. The number of hydrogen-bond donors (Lipinski definition) is 3. The Hall–Kier alpha value is -1.36. The summed E-state index contributed by atoms with van der Waals surface area (Å²) >= 11 is 0. The van der Waals surface area contributed by atoms with Crippen molar-refractivity contribution in [3.63, 3.8) is 0 Å². The normalized spacial score (nSPS) is 9.55. The van der Waals surface area contributed by atoms with Crippen molar-refractivity contribution in [3.05, 3.63) is 12.3 Å². The van der Waals surface area contributed by atoms with Crippen molar-refractivity contribution in [2.45, 2.75) is 6.42 Å². The van der Waals surface area contributed by atoms with Crippen LogP contribution in [0.2, 0.25) is 0 Å². The minimum Gasteiger partial charge on any atom is -0.330 e. The summed E-state index contributed by atoms with van der Waals surface area (Å²) in [7, 11) is 0. The van der Waals surface area contributed by atoms with Crippen LogP contribution < -0.4 is 11.1 Å². The van der Waals surface area contributed by atoms with E-state index in [1.54, 1.807) is 12.3 Å². The Balaban J connectivity index is 2.37. The highest BCUT2D eigenvalue weighted by Gasteiger charge is 1.99. The summed E-state index contributed by atoms with van der Waals surface area (Å²) in [5, 5.41) is 8.85. The third kappa shape index (κ3) is 2.38. The van der Waals surface area contributed by atoms with Crippen LogP contribution in [0.25, 0.3) is 0 Å². The van der Waals surface area contributed by atoms with E-state index in [9.17, 15) is 4.79 Å². The molecule has 0 radical (unpaired) electrons. The Kier molecular flexibility index (Phi) is 2.62. The van der Waals surface area contributed by atoms with Crippen molar-refractivity contribution < 1.29 is 4.79 Å². The van der Waals surface area contributed by atoms with E-state index >= 15 is 0 Å². The molecule has 1 aromatic rings. The van der Waals surface area contributed by atoms with Crippen molar-refractivity contribution in [2.75, 3.05) is 11.9 Å². The molecule has 0 aromatic carbocycles. The molecule has 5 heteroatoms. The van der Waals surface area contributed by atoms with Crippen LogP contribution >= 0.6 is 0 Å². The lowest BCUT2D eigenvalue weighted by molar-refractivity contribution is -0.116. The minimum absolute atomic E-state index is 0.100. The van der Waals surface area contributed by atoms with Gasteiger partial charge in [0.1, 0.15) is 5.82 Å². The zero-order chi connectivity index (χ0) is 8.10. The van der Waals surface area contributed by atoms with E-state index in [1.165, 1.54) is 0 Å². The van der Waals surface area contributed by atoms with Crippen LogP contribution in [0.5, 0.6) is 0 Å². The maximum Gasteiger partial charge on any atom is 0.226 e. The third-order valence-corrected chi connectivity index (χ3v) is 1.15. The number of nitrogens with zero attached hydrogens (tertiary/aromatic N) is 1. The molecule has 0 saturated heterocycles. The highest BCUT2D eigenvalue weighted by Crippen LogP contribution is 1.98. The summed E-state index contributed by atoms with van der Waals surface area (Å²) in [6.07, 6.45) is 1.90. The van der Waals surface area contributed by atoms with Crippen molar-refractivity contribution >= 4 is 11.7 Å². The standard InChI is InChI=1S/C6H10N4O/c7-3-1-6(11)9-5-2-4-8-10-5/h2,4H,1,3,7H2,(H2,8,9,10,11). The molecule has 0 aliphatic carbocycles. The summed E-state index contributed by atoms with van der Waals surface area (Å²) in [5.41, 5.74) is 5.17. The molecule has 1 rings (SSSR count). The van der Waals surface area contributed by atoms with Crippen LogP contribution in [0.3, 0.4) is 0 Å². The summed E-state index contributed by atoms with van der Waals surface area (Å²) < 4.78 is 0. The van der Waals surface area contributed by atoms with Crippen LogP contribution in [0.4, 0.5) is 5.82 Å². The molecule has 5 nitrogen and oxygen atoms in total. The number of H-pyrrole nitrogens is 1. The second-order valence-electron chi connectivity index (χ2n) is 2.06. The van der Waals surface area contributed by atoms with E-state index in [0.29, 0.717) is 18.8 Å². The first-order valence-corrected chi connectivity index (χ1v) is 3.32. The van der Waals surface area contributed by atoms with Crippen LogP contribution in [-0.2, 0) is 4.79 Å². The monoisotopic (exact) mass is 154 g/mol. The number of nitrogens with two attached hydrogens (primary N) is 1. The fourth-order valence-corrected chi connectivity index (χ4v) is 0.669. The van der Waals surface area contributed by atoms with Gasteiger partial charge in [0.15, 0.2) is 0 Å². The van der Waals surface area contributed by atoms with Gasteiger partial charge in [-0.15, -0.1) is 0 Å². The molecule has 0 fully saturated rings. The van der Waals surface area contributed by atoms with Crippen molar-refractivity contribution in [1.82, 2.24) is 10.2 Å². The number of carbonyl (C=O) groups is 1. The smallest absolute Gasteiger partial charge is 0.226 e. The van der Waals surface area contributed by atoms with E-state index < -0.39 is 0 Å². The summed E-state index contributed by atoms with van der Waals surface area (Å²) in [6, 6.07) is 1.68. The molecule has 0 aliphatic heterocycles. The Bertz CT molecular complexity index is 218. The Morgan fingerprint density at radius 1 is 1.82 bits per heavy atom. The van der Waals surface area contributed by atoms with Gasteiger partial charge in [0, 0.05) is 19.0 Å². The number of hydrogen-bond acceptors (Lipinski definition) is 3. The van der Waals surface area contributed by atoms with Gasteiger partial charge >= 0.3 is 0 Å². The number of carbonyl (C=O) groups excluding carboxylic acids is 1. The SMILES string of the molecule is NCCC(=O)Nc1ccn[nH]1. The first-order chi connectivity index (χ1) is 5.33. The molecule has 0 atom stereocenters. The predicted octanol–water partition coefficient (Wildman–Crippen LogP) is -0.303. The van der Waals surface area contributed by atoms with E-state index in [4.69, 9.17) is 5.73 Å². The Morgan fingerprint density at radius 3 is 3.18 bits per heavy atom. The van der Waals surface area contributed by atoms with Gasteiger partial charge in [0.2, 0.25) is 5.91 Å². The Labute approximate surface area is 64.0 Å². The number of anilines is 1. The maximum absolute atomic E-state index is 10.9. The fourth-order valence-electron chi connectivity index (χ4n) is 0.669. The number of aromatic amines is 1. The molecule has 1 heterocycles. The van der Waals surface area contributed by atoms with Crippen LogP contribution in [-0.4, -0.2) is 22.6 Å². The molecular weight excluding hydrogens is 144 g/mol. The van der Waals surface area contributed by atoms with E-state index in [2.05, 4.69) is 15.5 Å². The van der Waals surface area contributed by atoms with Crippen LogP contribution in [0.1, 0.15) is 6.42 Å². The molecule has 0 aliphatic rings. The Morgan fingerprint density at radius 2 is 2.64 bits per heavy atom. The second kappa shape index (κ2) is 3.72. The van der Waals surface area contributed by atoms with Gasteiger partial charge in [-0.2, -0.15) is 5.10 Å². The lowest BCUT2D eigenvalue weighted by atomic mass is 10.4. The van der Waals surface area contributed by atoms with Gasteiger partial charge in [-0.1, -0.05) is 0 Å². The van der Waals surface area contributed by atoms with E-state index in [-0.39, 0.29) is 5.91 Å². The van der Waals surface area contributed by atoms with Crippen molar-refractivity contribution in [3.8, 4) is 0 Å². The lowest BCUT2D eigenvalue weighted by Crippen LogP contribution is -2.16. The number of rotatable bonds is 3. The molecule has 1 amide bonds. The van der Waals surface area contributed by atoms with Gasteiger partial charge in [-0.3, -0.25) is 9.89 Å². The number of amides is 1. The molecule has 60 valence electrons. The van der Waals surface area contributed by atoms with Gasteiger partial charge in [0.05, 0.1) is 6.20 Å². The van der Waals surface area contributed by atoms with Crippen LogP contribution in [0, 0.1) is 0 Å². The molecule has 4 N–H and O–H groups in total. The van der Waals surface area contributed by atoms with E-state index in [0.717, 1.165) is 0 Å². The maximum atomic E-state index is 10.9. The first kappa shape index (κ1) is 7.74. The molecular formula is C6H10N4O. The summed E-state index contributed by atoms with van der Waals surface area (Å²) in [6.45, 7) is 0.361. The number of aromatic nitrogens is 2. The zero-order valence-electron chi connectivity index (χ0n) is 6.00. The summed E-state index contributed by atoms with van der Waals surface area (Å²) in [4.78, 5) is 10.9. The fraction of sp³-hybridized carbons (Fsp3) is 0.333. The minimum atomic E-state index is -0.100. The first-order valence-electron chi connectivity index (χ1n) is 3.32. The molecule has 11 heavy (non-hydrogen) atoms. The van der Waals surface area contributed by atoms with Gasteiger partial charge in [-0.25, -0.2) is 0 Å². The highest BCUT2D eigenvalue weighted by atomic mass is 16.1. The molecule has 0 saturated carbocycles. The van der Waals surface area contributed by atoms with Crippen molar-refractivity contribution in [2.24, 2.45) is 5.73 Å². The topological polar surface area (TPSA) is 83.8 Å². The summed E-state index contributed by atoms with van der Waals surface area (Å²) in [5.74, 6) is 0.500. The molecule has 0 spiro atoms. The van der Waals surface area contributed by atoms with Gasteiger partial charge in [0.25, 0.3) is 0 Å². The molecule has 0 unspecified atom stereocenters. The van der Waals surface area contributed by atoms with Crippen molar-refractivity contribution in [1.29, 1.82) is 0 Å². The lowest BCUT2D eigenvalue weighted by Gasteiger charge is -1.98. The highest BCUT2D eigenvalue weighted by molar-refractivity contribution is 5.89. The molecule has 1 aromatic heterocycles. The number of nitrogens with one attached hydrogen (secondary N) is 2. The third-order valence-electron chi connectivity index (χ3n) is 1.15. The quantitative estimate of drug-likeness (QED) is 0.558. The zero-order valence-corrected chi connectivity index (χ0v) is 6.00. The largest absolute Gasteiger partial charge is 0.330 e. The average molecular weight is 154 g/mol. The van der Waals surface area contributed by atoms with Gasteiger partial charge < -0.3 is 11.1 Å². The van der Waals surface area contributed by atoms with Crippen LogP contribution in [0.15, 0.2) is 12.3 Å². The van der Waals surface area contributed by atoms with Gasteiger partial charge in [-0.05, 0) is 0 Å².